The molecule has 1 aromatic carbocycles. The minimum atomic E-state index is -0.442. The second-order valence-electron chi connectivity index (χ2n) is 9.28. The number of ether oxygens (including phenoxy) is 1. The fourth-order valence-electron chi connectivity index (χ4n) is 4.37. The molecular formula is C28H34N6O4. The zero-order chi connectivity index (χ0) is 27.1. The maximum absolute atomic E-state index is 13.0. The van der Waals surface area contributed by atoms with Crippen LogP contribution in [0.25, 0.3) is 22.2 Å². The number of amides is 1. The molecule has 0 unspecified atom stereocenters. The lowest BCUT2D eigenvalue weighted by molar-refractivity contribution is -0.123. The van der Waals surface area contributed by atoms with Crippen LogP contribution in [0.1, 0.15) is 69.0 Å². The second kappa shape index (κ2) is 12.4. The number of hydrogen-bond acceptors (Lipinski definition) is 8. The van der Waals surface area contributed by atoms with Crippen molar-refractivity contribution in [1.29, 1.82) is 0 Å². The van der Waals surface area contributed by atoms with Crippen LogP contribution in [0.2, 0.25) is 0 Å². The Labute approximate surface area is 221 Å². The number of carbonyl (C=O) groups is 2. The summed E-state index contributed by atoms with van der Waals surface area (Å²) in [7, 11) is 1.57. The van der Waals surface area contributed by atoms with Crippen molar-refractivity contribution >= 4 is 22.6 Å². The zero-order valence-corrected chi connectivity index (χ0v) is 22.4. The van der Waals surface area contributed by atoms with E-state index in [9.17, 15) is 9.59 Å². The number of methoxy groups -OCH3 is 1. The molecule has 1 atom stereocenters. The SMILES string of the molecule is CCC(=O)CCCCC[C@H](NC(=O)Cn1nc(C)nc1C)c1ncc(-c2cc3ccccc3nc2OC)o1. The van der Waals surface area contributed by atoms with E-state index in [-0.39, 0.29) is 18.2 Å². The monoisotopic (exact) mass is 518 g/mol. The van der Waals surface area contributed by atoms with Gasteiger partial charge in [0.1, 0.15) is 30.0 Å². The number of ketones is 1. The molecule has 0 spiro atoms. The van der Waals surface area contributed by atoms with E-state index in [4.69, 9.17) is 9.15 Å². The molecule has 4 aromatic rings. The predicted molar refractivity (Wildman–Crippen MR) is 143 cm³/mol. The van der Waals surface area contributed by atoms with E-state index in [0.29, 0.717) is 54.0 Å². The normalized spacial score (nSPS) is 12.0. The van der Waals surface area contributed by atoms with Gasteiger partial charge in [-0.05, 0) is 38.8 Å². The number of rotatable bonds is 13. The Kier molecular flexibility index (Phi) is 8.83. The molecule has 38 heavy (non-hydrogen) atoms. The van der Waals surface area contributed by atoms with Crippen LogP contribution in [0.3, 0.4) is 0 Å². The summed E-state index contributed by atoms with van der Waals surface area (Å²) >= 11 is 0. The number of benzene rings is 1. The number of pyridine rings is 1. The molecule has 3 heterocycles. The van der Waals surface area contributed by atoms with Crippen LogP contribution >= 0.6 is 0 Å². The molecule has 3 aromatic heterocycles. The number of Topliss-reactive ketones (excluding diaryl/α,β-unsaturated/α-hetero) is 1. The first-order valence-electron chi connectivity index (χ1n) is 13.0. The maximum Gasteiger partial charge on any atom is 0.242 e. The molecule has 1 amide bonds. The predicted octanol–water partition coefficient (Wildman–Crippen LogP) is 4.89. The van der Waals surface area contributed by atoms with E-state index in [2.05, 4.69) is 25.4 Å². The largest absolute Gasteiger partial charge is 0.480 e. The Morgan fingerprint density at radius 1 is 1.13 bits per heavy atom. The summed E-state index contributed by atoms with van der Waals surface area (Å²) in [6.45, 7) is 5.53. The van der Waals surface area contributed by atoms with Gasteiger partial charge in [0.2, 0.25) is 17.7 Å². The first kappa shape index (κ1) is 27.0. The van der Waals surface area contributed by atoms with Gasteiger partial charge in [-0.15, -0.1) is 0 Å². The Bertz CT molecular complexity index is 1410. The summed E-state index contributed by atoms with van der Waals surface area (Å²) in [5.41, 5.74) is 1.50. The molecule has 200 valence electrons. The van der Waals surface area contributed by atoms with Crippen LogP contribution in [-0.4, -0.2) is 43.5 Å². The van der Waals surface area contributed by atoms with Crippen LogP contribution in [0, 0.1) is 13.8 Å². The summed E-state index contributed by atoms with van der Waals surface area (Å²) < 4.78 is 13.3. The molecule has 10 heteroatoms. The Morgan fingerprint density at radius 2 is 1.95 bits per heavy atom. The van der Waals surface area contributed by atoms with Gasteiger partial charge >= 0.3 is 0 Å². The smallest absolute Gasteiger partial charge is 0.242 e. The van der Waals surface area contributed by atoms with E-state index >= 15 is 0 Å². The Morgan fingerprint density at radius 3 is 2.68 bits per heavy atom. The van der Waals surface area contributed by atoms with Gasteiger partial charge in [0.05, 0.1) is 24.4 Å². The second-order valence-corrected chi connectivity index (χ2v) is 9.28. The summed E-state index contributed by atoms with van der Waals surface area (Å²) in [6.07, 6.45) is 5.89. The molecule has 10 nitrogen and oxygen atoms in total. The first-order valence-corrected chi connectivity index (χ1v) is 13.0. The lowest BCUT2D eigenvalue weighted by Crippen LogP contribution is -2.32. The fraction of sp³-hybridized carbons (Fsp3) is 0.429. The molecule has 0 aliphatic carbocycles. The summed E-state index contributed by atoms with van der Waals surface area (Å²) in [6, 6.07) is 9.29. The van der Waals surface area contributed by atoms with Gasteiger partial charge in [-0.3, -0.25) is 9.59 Å². The van der Waals surface area contributed by atoms with Crippen molar-refractivity contribution in [2.75, 3.05) is 7.11 Å². The van der Waals surface area contributed by atoms with Gasteiger partial charge in [0.25, 0.3) is 0 Å². The summed E-state index contributed by atoms with van der Waals surface area (Å²) in [4.78, 5) is 38.0. The minimum Gasteiger partial charge on any atom is -0.480 e. The van der Waals surface area contributed by atoms with Crippen molar-refractivity contribution in [1.82, 2.24) is 30.0 Å². The number of para-hydroxylation sites is 1. The highest BCUT2D eigenvalue weighted by Gasteiger charge is 2.23. The van der Waals surface area contributed by atoms with Crippen molar-refractivity contribution in [3.8, 4) is 17.2 Å². The number of fused-ring (bicyclic) bond motifs is 1. The third-order valence-electron chi connectivity index (χ3n) is 6.40. The Hall–Kier alpha value is -4.08. The van der Waals surface area contributed by atoms with Crippen LogP contribution in [0.4, 0.5) is 0 Å². The summed E-state index contributed by atoms with van der Waals surface area (Å²) in [5, 5.41) is 8.29. The molecular weight excluding hydrogens is 484 g/mol. The van der Waals surface area contributed by atoms with Gasteiger partial charge in [-0.25, -0.2) is 19.6 Å². The fourth-order valence-corrected chi connectivity index (χ4v) is 4.37. The van der Waals surface area contributed by atoms with Crippen molar-refractivity contribution in [3.05, 3.63) is 54.1 Å². The maximum atomic E-state index is 13.0. The number of nitrogens with zero attached hydrogens (tertiary/aromatic N) is 5. The number of carbonyl (C=O) groups excluding carboxylic acids is 2. The minimum absolute atomic E-state index is 0.0458. The van der Waals surface area contributed by atoms with Gasteiger partial charge in [0.15, 0.2) is 5.76 Å². The van der Waals surface area contributed by atoms with E-state index in [1.165, 1.54) is 0 Å². The Balaban J connectivity index is 1.53. The highest BCUT2D eigenvalue weighted by molar-refractivity contribution is 5.85. The topological polar surface area (TPSA) is 125 Å². The molecule has 0 fully saturated rings. The highest BCUT2D eigenvalue weighted by atomic mass is 16.5. The zero-order valence-electron chi connectivity index (χ0n) is 22.4. The van der Waals surface area contributed by atoms with Crippen LogP contribution in [0.15, 0.2) is 40.9 Å². The molecule has 1 N–H and O–H groups in total. The van der Waals surface area contributed by atoms with Gasteiger partial charge in [-0.1, -0.05) is 38.0 Å². The number of unbranched alkanes of at least 4 members (excludes halogenated alkanes) is 2. The van der Waals surface area contributed by atoms with E-state index < -0.39 is 6.04 Å². The van der Waals surface area contributed by atoms with Crippen LogP contribution in [-0.2, 0) is 16.1 Å². The van der Waals surface area contributed by atoms with Crippen molar-refractivity contribution < 1.29 is 18.7 Å². The molecule has 0 bridgehead atoms. The van der Waals surface area contributed by atoms with Crippen molar-refractivity contribution in [3.63, 3.8) is 0 Å². The highest BCUT2D eigenvalue weighted by Crippen LogP contribution is 2.33. The van der Waals surface area contributed by atoms with E-state index in [1.54, 1.807) is 24.9 Å². The van der Waals surface area contributed by atoms with E-state index in [0.717, 1.165) is 30.2 Å². The summed E-state index contributed by atoms with van der Waals surface area (Å²) in [5.74, 6) is 2.68. The molecule has 0 radical (unpaired) electrons. The van der Waals surface area contributed by atoms with Crippen LogP contribution in [0.5, 0.6) is 5.88 Å². The number of aromatic nitrogens is 5. The van der Waals surface area contributed by atoms with Crippen molar-refractivity contribution in [2.24, 2.45) is 0 Å². The molecule has 0 saturated carbocycles. The van der Waals surface area contributed by atoms with Crippen molar-refractivity contribution in [2.45, 2.75) is 71.9 Å². The molecule has 0 saturated heterocycles. The standard InChI is InChI=1S/C28H34N6O4/c1-5-21(35)12-7-6-8-14-24(31-26(36)17-34-19(3)30-18(2)33-34)28-29-16-25(38-28)22-15-20-11-9-10-13-23(20)32-27(22)37-4/h9-11,13,15-16,24H,5-8,12,14,17H2,1-4H3,(H,31,36)/t24-/m0/s1. The third kappa shape index (κ3) is 6.62. The van der Waals surface area contributed by atoms with Crippen LogP contribution < -0.4 is 10.1 Å². The first-order chi connectivity index (χ1) is 18.4. The molecule has 4 rings (SSSR count). The average Bonchev–Trinajstić information content (AvgIpc) is 3.52. The number of oxazole rings is 1. The van der Waals surface area contributed by atoms with E-state index in [1.807, 2.05) is 44.2 Å². The molecule has 0 aliphatic rings. The lowest BCUT2D eigenvalue weighted by atomic mass is 10.0. The van der Waals surface area contributed by atoms with Gasteiger partial charge in [-0.2, -0.15) is 5.10 Å². The van der Waals surface area contributed by atoms with Gasteiger partial charge < -0.3 is 14.5 Å². The third-order valence-corrected chi connectivity index (χ3v) is 6.40. The average molecular weight is 519 g/mol. The quantitative estimate of drug-likeness (QED) is 0.248. The number of aryl methyl sites for hydroxylation is 2. The molecule has 0 aliphatic heterocycles. The lowest BCUT2D eigenvalue weighted by Gasteiger charge is -2.16. The number of hydrogen-bond donors (Lipinski definition) is 1. The van der Waals surface area contributed by atoms with Gasteiger partial charge in [0, 0.05) is 18.2 Å². The number of nitrogens with one attached hydrogen (secondary N) is 1.